The molecule has 0 spiro atoms. The van der Waals surface area contributed by atoms with Gasteiger partial charge in [-0.05, 0) is 32.3 Å². The number of alkyl carbamates (subject to hydrolysis) is 1. The van der Waals surface area contributed by atoms with E-state index in [1.54, 1.807) is 0 Å². The molecule has 1 aliphatic carbocycles. The normalized spacial score (nSPS) is 29.9. The van der Waals surface area contributed by atoms with Gasteiger partial charge in [0.2, 0.25) is 0 Å². The molecular formula is C16H21NO4. The minimum atomic E-state index is -0.506. The molecule has 1 amide bonds. The Hall–Kier alpha value is -1.59. The average molecular weight is 291 g/mol. The molecule has 2 aliphatic rings. The van der Waals surface area contributed by atoms with Crippen molar-refractivity contribution in [2.75, 3.05) is 0 Å². The number of rotatable bonds is 3. The van der Waals surface area contributed by atoms with Gasteiger partial charge in [-0.2, -0.15) is 0 Å². The standard InChI is InChI=1S/C16H21NO4/c1-16(2)20-13-8-12(9-14(13)21-16)17-15(18)19-10-11-6-4-3-5-7-11/h3-7,12-14H,8-10H2,1-2H3,(H,17,18)/t12?,13-,14+. The lowest BCUT2D eigenvalue weighted by Gasteiger charge is -2.20. The highest BCUT2D eigenvalue weighted by Crippen LogP contribution is 2.38. The number of hydrogen-bond acceptors (Lipinski definition) is 4. The van der Waals surface area contributed by atoms with Gasteiger partial charge >= 0.3 is 6.09 Å². The summed E-state index contributed by atoms with van der Waals surface area (Å²) in [4.78, 5) is 11.8. The number of carbonyl (C=O) groups excluding carboxylic acids is 1. The van der Waals surface area contributed by atoms with Crippen molar-refractivity contribution in [2.45, 2.75) is 57.3 Å². The van der Waals surface area contributed by atoms with Crippen molar-refractivity contribution in [2.24, 2.45) is 0 Å². The number of nitrogens with one attached hydrogen (secondary N) is 1. The summed E-state index contributed by atoms with van der Waals surface area (Å²) in [5.74, 6) is -0.506. The molecule has 1 unspecified atom stereocenters. The van der Waals surface area contributed by atoms with E-state index in [-0.39, 0.29) is 30.9 Å². The summed E-state index contributed by atoms with van der Waals surface area (Å²) in [6.07, 6.45) is 1.30. The van der Waals surface area contributed by atoms with Crippen molar-refractivity contribution in [3.8, 4) is 0 Å². The van der Waals surface area contributed by atoms with E-state index in [9.17, 15) is 4.79 Å². The molecule has 1 heterocycles. The number of hydrogen-bond donors (Lipinski definition) is 1. The minimum Gasteiger partial charge on any atom is -0.445 e. The maximum atomic E-state index is 11.8. The first-order valence-corrected chi connectivity index (χ1v) is 7.35. The molecule has 3 atom stereocenters. The summed E-state index contributed by atoms with van der Waals surface area (Å²) in [5, 5.41) is 2.88. The number of ether oxygens (including phenoxy) is 3. The number of fused-ring (bicyclic) bond motifs is 1. The second kappa shape index (κ2) is 5.66. The van der Waals surface area contributed by atoms with E-state index in [1.807, 2.05) is 44.2 Å². The Bertz CT molecular complexity index is 486. The molecule has 5 nitrogen and oxygen atoms in total. The van der Waals surface area contributed by atoms with Crippen LogP contribution in [0.2, 0.25) is 0 Å². The van der Waals surface area contributed by atoms with Crippen molar-refractivity contribution >= 4 is 6.09 Å². The van der Waals surface area contributed by atoms with Crippen LogP contribution in [0, 0.1) is 0 Å². The molecule has 1 aliphatic heterocycles. The van der Waals surface area contributed by atoms with Crippen LogP contribution in [-0.2, 0) is 20.8 Å². The predicted octanol–water partition coefficient (Wildman–Crippen LogP) is 2.60. The van der Waals surface area contributed by atoms with Crippen LogP contribution >= 0.6 is 0 Å². The van der Waals surface area contributed by atoms with Crippen molar-refractivity contribution in [1.29, 1.82) is 0 Å². The molecule has 1 aromatic carbocycles. The molecule has 1 aromatic rings. The molecule has 21 heavy (non-hydrogen) atoms. The second-order valence-electron chi connectivity index (χ2n) is 6.09. The van der Waals surface area contributed by atoms with Crippen LogP contribution in [0.25, 0.3) is 0 Å². The van der Waals surface area contributed by atoms with Crippen LogP contribution < -0.4 is 5.32 Å². The lowest BCUT2D eigenvalue weighted by molar-refractivity contribution is -0.152. The topological polar surface area (TPSA) is 56.8 Å². The first-order chi connectivity index (χ1) is 10.0. The van der Waals surface area contributed by atoms with Crippen LogP contribution in [0.3, 0.4) is 0 Å². The number of carbonyl (C=O) groups is 1. The smallest absolute Gasteiger partial charge is 0.407 e. The average Bonchev–Trinajstić information content (AvgIpc) is 2.90. The van der Waals surface area contributed by atoms with Crippen molar-refractivity contribution in [3.05, 3.63) is 35.9 Å². The van der Waals surface area contributed by atoms with Gasteiger partial charge in [-0.25, -0.2) is 4.79 Å². The van der Waals surface area contributed by atoms with Gasteiger partial charge in [0, 0.05) is 6.04 Å². The van der Waals surface area contributed by atoms with Gasteiger partial charge in [-0.1, -0.05) is 30.3 Å². The molecule has 0 radical (unpaired) electrons. The van der Waals surface area contributed by atoms with Crippen molar-refractivity contribution in [3.63, 3.8) is 0 Å². The van der Waals surface area contributed by atoms with Gasteiger partial charge < -0.3 is 19.5 Å². The van der Waals surface area contributed by atoms with E-state index in [0.717, 1.165) is 18.4 Å². The Labute approximate surface area is 124 Å². The van der Waals surface area contributed by atoms with Crippen molar-refractivity contribution < 1.29 is 19.0 Å². The fraction of sp³-hybridized carbons (Fsp3) is 0.562. The van der Waals surface area contributed by atoms with Crippen LogP contribution in [0.5, 0.6) is 0 Å². The number of amides is 1. The highest BCUT2D eigenvalue weighted by molar-refractivity contribution is 5.67. The predicted molar refractivity (Wildman–Crippen MR) is 76.6 cm³/mol. The molecule has 0 aromatic heterocycles. The van der Waals surface area contributed by atoms with E-state index in [0.29, 0.717) is 0 Å². The fourth-order valence-electron chi connectivity index (χ4n) is 3.01. The first-order valence-electron chi connectivity index (χ1n) is 7.35. The highest BCUT2D eigenvalue weighted by atomic mass is 16.8. The van der Waals surface area contributed by atoms with Gasteiger partial charge in [0.25, 0.3) is 0 Å². The quantitative estimate of drug-likeness (QED) is 0.930. The maximum Gasteiger partial charge on any atom is 0.407 e. The van der Waals surface area contributed by atoms with Crippen LogP contribution in [0.1, 0.15) is 32.3 Å². The Kier molecular flexibility index (Phi) is 3.87. The molecule has 1 saturated heterocycles. The third kappa shape index (κ3) is 3.54. The largest absolute Gasteiger partial charge is 0.445 e. The van der Waals surface area contributed by atoms with E-state index < -0.39 is 5.79 Å². The Morgan fingerprint density at radius 3 is 2.48 bits per heavy atom. The van der Waals surface area contributed by atoms with Gasteiger partial charge in [-0.3, -0.25) is 0 Å². The SMILES string of the molecule is CC1(C)O[C@H]2CC(NC(=O)OCc3ccccc3)C[C@H]2O1. The number of benzene rings is 1. The Balaban J connectivity index is 1.43. The highest BCUT2D eigenvalue weighted by Gasteiger charge is 2.47. The molecule has 2 fully saturated rings. The molecule has 0 bridgehead atoms. The molecule has 114 valence electrons. The lowest BCUT2D eigenvalue weighted by atomic mass is 10.2. The lowest BCUT2D eigenvalue weighted by Crippen LogP contribution is -2.35. The second-order valence-corrected chi connectivity index (χ2v) is 6.09. The van der Waals surface area contributed by atoms with Gasteiger partial charge in [0.15, 0.2) is 5.79 Å². The minimum absolute atomic E-state index is 0.0550. The summed E-state index contributed by atoms with van der Waals surface area (Å²) in [5.41, 5.74) is 0.976. The summed E-state index contributed by atoms with van der Waals surface area (Å²) in [6.45, 7) is 4.12. The summed E-state index contributed by atoms with van der Waals surface area (Å²) in [6, 6.07) is 9.69. The zero-order valence-corrected chi connectivity index (χ0v) is 12.4. The van der Waals surface area contributed by atoms with Gasteiger partial charge in [0.05, 0.1) is 12.2 Å². The van der Waals surface area contributed by atoms with E-state index in [4.69, 9.17) is 14.2 Å². The van der Waals surface area contributed by atoms with Gasteiger partial charge in [-0.15, -0.1) is 0 Å². The van der Waals surface area contributed by atoms with E-state index in [2.05, 4.69) is 5.32 Å². The van der Waals surface area contributed by atoms with Crippen molar-refractivity contribution in [1.82, 2.24) is 5.32 Å². The molecule has 5 heteroatoms. The molecule has 1 N–H and O–H groups in total. The van der Waals surface area contributed by atoms with Crippen LogP contribution in [0.15, 0.2) is 30.3 Å². The molecule has 3 rings (SSSR count). The summed E-state index contributed by atoms with van der Waals surface area (Å²) < 4.78 is 16.8. The zero-order chi connectivity index (χ0) is 14.9. The van der Waals surface area contributed by atoms with Crippen LogP contribution in [-0.4, -0.2) is 30.1 Å². The van der Waals surface area contributed by atoms with Crippen LogP contribution in [0.4, 0.5) is 4.79 Å². The zero-order valence-electron chi connectivity index (χ0n) is 12.4. The van der Waals surface area contributed by atoms with E-state index >= 15 is 0 Å². The first kappa shape index (κ1) is 14.4. The van der Waals surface area contributed by atoms with E-state index in [1.165, 1.54) is 0 Å². The third-order valence-electron chi connectivity index (χ3n) is 3.85. The summed E-state index contributed by atoms with van der Waals surface area (Å²) >= 11 is 0. The fourth-order valence-corrected chi connectivity index (χ4v) is 3.01. The molecule has 1 saturated carbocycles. The Morgan fingerprint density at radius 2 is 1.86 bits per heavy atom. The Morgan fingerprint density at radius 1 is 1.24 bits per heavy atom. The third-order valence-corrected chi connectivity index (χ3v) is 3.85. The maximum absolute atomic E-state index is 11.8. The molecular weight excluding hydrogens is 270 g/mol. The van der Waals surface area contributed by atoms with Gasteiger partial charge in [0.1, 0.15) is 6.61 Å². The summed E-state index contributed by atoms with van der Waals surface area (Å²) in [7, 11) is 0. The monoisotopic (exact) mass is 291 g/mol.